The van der Waals surface area contributed by atoms with Crippen LogP contribution in [-0.4, -0.2) is 56.6 Å². The number of carbonyl (C=O) groups is 1. The van der Waals surface area contributed by atoms with Crippen molar-refractivity contribution in [2.45, 2.75) is 38.7 Å². The lowest BCUT2D eigenvalue weighted by molar-refractivity contribution is -0.122. The van der Waals surface area contributed by atoms with Crippen molar-refractivity contribution in [1.29, 1.82) is 0 Å². The SMILES string of the molecule is CNCC12CC(C1)C2.COc1ccc(C)cc1.O=CO.OC1CCNC1. The van der Waals surface area contributed by atoms with Crippen LogP contribution in [0.5, 0.6) is 5.75 Å². The molecule has 1 heterocycles. The number of ether oxygens (including phenoxy) is 1. The number of β-amino-alcohol motifs (C(OH)–C–C–N with tert-alkyl or cyclic N) is 1. The Morgan fingerprint density at radius 2 is 1.88 bits per heavy atom. The van der Waals surface area contributed by atoms with Gasteiger partial charge in [0.1, 0.15) is 5.75 Å². The fourth-order valence-electron chi connectivity index (χ4n) is 3.56. The second-order valence-electron chi connectivity index (χ2n) is 7.28. The maximum atomic E-state index is 8.67. The van der Waals surface area contributed by atoms with E-state index in [-0.39, 0.29) is 12.6 Å². The molecule has 1 atom stereocenters. The topological polar surface area (TPSA) is 90.8 Å². The second-order valence-corrected chi connectivity index (χ2v) is 7.28. The van der Waals surface area contributed by atoms with E-state index in [0.29, 0.717) is 0 Å². The number of nitrogens with one attached hydrogen (secondary N) is 2. The van der Waals surface area contributed by atoms with Crippen LogP contribution in [-0.2, 0) is 4.79 Å². The first-order chi connectivity index (χ1) is 12.5. The zero-order chi connectivity index (χ0) is 19.4. The van der Waals surface area contributed by atoms with Crippen molar-refractivity contribution < 1.29 is 19.7 Å². The minimum absolute atomic E-state index is 0.0648. The molecule has 4 fully saturated rings. The number of rotatable bonds is 3. The van der Waals surface area contributed by atoms with Crippen LogP contribution >= 0.6 is 0 Å². The van der Waals surface area contributed by atoms with Gasteiger partial charge in [0.05, 0.1) is 13.2 Å². The predicted molar refractivity (Wildman–Crippen MR) is 104 cm³/mol. The van der Waals surface area contributed by atoms with Crippen molar-refractivity contribution in [1.82, 2.24) is 10.6 Å². The largest absolute Gasteiger partial charge is 0.497 e. The third-order valence-electron chi connectivity index (χ3n) is 5.01. The Labute approximate surface area is 157 Å². The van der Waals surface area contributed by atoms with Gasteiger partial charge in [0.25, 0.3) is 6.47 Å². The molecule has 5 rings (SSSR count). The molecule has 0 amide bonds. The minimum Gasteiger partial charge on any atom is -0.497 e. The van der Waals surface area contributed by atoms with Crippen LogP contribution in [0.2, 0.25) is 0 Å². The van der Waals surface area contributed by atoms with Gasteiger partial charge in [-0.3, -0.25) is 4.79 Å². The van der Waals surface area contributed by atoms with Crippen molar-refractivity contribution in [2.24, 2.45) is 11.3 Å². The summed E-state index contributed by atoms with van der Waals surface area (Å²) < 4.78 is 4.97. The first-order valence-electron chi connectivity index (χ1n) is 9.20. The van der Waals surface area contributed by atoms with Gasteiger partial charge in [0, 0.05) is 13.1 Å². The monoisotopic (exact) mass is 366 g/mol. The summed E-state index contributed by atoms with van der Waals surface area (Å²) in [6, 6.07) is 7.96. The number of carboxylic acid groups (broad SMARTS) is 1. The molecule has 3 saturated carbocycles. The third kappa shape index (κ3) is 7.72. The van der Waals surface area contributed by atoms with Gasteiger partial charge in [0.2, 0.25) is 0 Å². The maximum absolute atomic E-state index is 8.67. The van der Waals surface area contributed by atoms with E-state index in [0.717, 1.165) is 36.6 Å². The van der Waals surface area contributed by atoms with E-state index in [1.54, 1.807) is 7.11 Å². The van der Waals surface area contributed by atoms with Crippen LogP contribution in [0.3, 0.4) is 0 Å². The van der Waals surface area contributed by atoms with Crippen LogP contribution in [0.15, 0.2) is 24.3 Å². The fraction of sp³-hybridized carbons (Fsp3) is 0.650. The zero-order valence-corrected chi connectivity index (χ0v) is 16.2. The van der Waals surface area contributed by atoms with Crippen LogP contribution < -0.4 is 15.4 Å². The van der Waals surface area contributed by atoms with E-state index in [2.05, 4.69) is 24.6 Å². The van der Waals surface area contributed by atoms with Gasteiger partial charge >= 0.3 is 0 Å². The summed E-state index contributed by atoms with van der Waals surface area (Å²) >= 11 is 0. The molecule has 0 aromatic heterocycles. The van der Waals surface area contributed by atoms with E-state index in [4.69, 9.17) is 19.7 Å². The Balaban J connectivity index is 0.000000184. The summed E-state index contributed by atoms with van der Waals surface area (Å²) in [5.74, 6) is 2.06. The third-order valence-corrected chi connectivity index (χ3v) is 5.01. The van der Waals surface area contributed by atoms with Crippen molar-refractivity contribution in [3.63, 3.8) is 0 Å². The Morgan fingerprint density at radius 3 is 2.12 bits per heavy atom. The van der Waals surface area contributed by atoms with Crippen molar-refractivity contribution in [3.05, 3.63) is 29.8 Å². The molecule has 1 aliphatic heterocycles. The molecule has 6 heteroatoms. The summed E-state index contributed by atoms with van der Waals surface area (Å²) in [7, 11) is 3.73. The quantitative estimate of drug-likeness (QED) is 0.612. The molecule has 26 heavy (non-hydrogen) atoms. The highest BCUT2D eigenvalue weighted by molar-refractivity contribution is 5.32. The molecule has 0 radical (unpaired) electrons. The molecular formula is C20H34N2O4. The van der Waals surface area contributed by atoms with Gasteiger partial charge in [-0.25, -0.2) is 0 Å². The number of hydrogen-bond donors (Lipinski definition) is 4. The molecule has 1 saturated heterocycles. The van der Waals surface area contributed by atoms with Crippen LogP contribution in [0.25, 0.3) is 0 Å². The minimum atomic E-state index is -0.250. The normalized spacial score (nSPS) is 26.9. The van der Waals surface area contributed by atoms with Crippen LogP contribution in [0, 0.1) is 18.3 Å². The van der Waals surface area contributed by atoms with E-state index in [1.807, 2.05) is 24.3 Å². The Morgan fingerprint density at radius 1 is 1.31 bits per heavy atom. The summed E-state index contributed by atoms with van der Waals surface area (Å²) in [4.78, 5) is 8.36. The molecule has 4 aliphatic rings. The van der Waals surface area contributed by atoms with Crippen LogP contribution in [0.4, 0.5) is 0 Å². The highest BCUT2D eigenvalue weighted by atomic mass is 16.5. The van der Waals surface area contributed by atoms with E-state index in [1.165, 1.54) is 31.4 Å². The van der Waals surface area contributed by atoms with Gasteiger partial charge in [-0.1, -0.05) is 17.7 Å². The highest BCUT2D eigenvalue weighted by Gasteiger charge is 2.55. The van der Waals surface area contributed by atoms with Crippen molar-refractivity contribution in [2.75, 3.05) is 33.8 Å². The maximum Gasteiger partial charge on any atom is 0.290 e. The molecule has 1 aromatic carbocycles. The lowest BCUT2D eigenvalue weighted by Crippen LogP contribution is -2.56. The van der Waals surface area contributed by atoms with Crippen LogP contribution in [0.1, 0.15) is 31.2 Å². The smallest absolute Gasteiger partial charge is 0.290 e. The number of aliphatic hydroxyl groups is 1. The average Bonchev–Trinajstić information content (AvgIpc) is 3.04. The predicted octanol–water partition coefficient (Wildman–Crippen LogP) is 2.05. The molecule has 148 valence electrons. The van der Waals surface area contributed by atoms with E-state index >= 15 is 0 Å². The number of aryl methyl sites for hydroxylation is 1. The number of aliphatic hydroxyl groups excluding tert-OH is 1. The van der Waals surface area contributed by atoms with Gasteiger partial charge < -0.3 is 25.6 Å². The Bertz CT molecular complexity index is 484. The standard InChI is InChI=1S/C8H10O.C7H13N.C4H9NO.CH2O2/c1-7-3-5-8(9-2)6-4-7;1-8-5-7-2-6(3-7)4-7;6-4-1-2-5-3-4;2-1-3/h3-6H,1-2H3;6,8H,2-5H2,1H3;4-6H,1-3H2;1H,(H,2,3). The fourth-order valence-corrected chi connectivity index (χ4v) is 3.56. The second kappa shape index (κ2) is 11.9. The molecule has 1 unspecified atom stereocenters. The number of hydrogen-bond acceptors (Lipinski definition) is 5. The summed E-state index contributed by atoms with van der Waals surface area (Å²) in [5, 5.41) is 21.8. The average molecular weight is 367 g/mol. The molecule has 6 nitrogen and oxygen atoms in total. The van der Waals surface area contributed by atoms with E-state index in [9.17, 15) is 0 Å². The number of benzene rings is 1. The molecule has 3 aliphatic carbocycles. The Kier molecular flexibility index (Phi) is 10.2. The molecular weight excluding hydrogens is 332 g/mol. The van der Waals surface area contributed by atoms with Gasteiger partial charge in [-0.2, -0.15) is 0 Å². The molecule has 0 spiro atoms. The first-order valence-corrected chi connectivity index (χ1v) is 9.20. The summed E-state index contributed by atoms with van der Waals surface area (Å²) in [5.41, 5.74) is 2.06. The van der Waals surface area contributed by atoms with Crippen molar-refractivity contribution >= 4 is 6.47 Å². The lowest BCUT2D eigenvalue weighted by Gasteiger charge is -2.62. The van der Waals surface area contributed by atoms with E-state index < -0.39 is 0 Å². The van der Waals surface area contributed by atoms with Gasteiger partial charge in [-0.05, 0) is 69.7 Å². The Hall–Kier alpha value is -1.63. The highest BCUT2D eigenvalue weighted by Crippen LogP contribution is 2.63. The van der Waals surface area contributed by atoms with Crippen molar-refractivity contribution in [3.8, 4) is 5.75 Å². The molecule has 2 bridgehead atoms. The summed E-state index contributed by atoms with van der Waals surface area (Å²) in [6.45, 7) is 4.85. The summed E-state index contributed by atoms with van der Waals surface area (Å²) in [6.07, 6.45) is 5.43. The lowest BCUT2D eigenvalue weighted by atomic mass is 9.44. The first kappa shape index (κ1) is 22.4. The molecule has 4 N–H and O–H groups in total. The van der Waals surface area contributed by atoms with Gasteiger partial charge in [0.15, 0.2) is 0 Å². The van der Waals surface area contributed by atoms with Gasteiger partial charge in [-0.15, -0.1) is 0 Å². The number of methoxy groups -OCH3 is 1. The molecule has 1 aromatic rings. The zero-order valence-electron chi connectivity index (χ0n) is 16.2.